The number of hydrogen-bond acceptors (Lipinski definition) is 3. The van der Waals surface area contributed by atoms with Gasteiger partial charge in [-0.15, -0.1) is 0 Å². The summed E-state index contributed by atoms with van der Waals surface area (Å²) < 4.78 is 18.0. The smallest absolute Gasteiger partial charge is 0.314 e. The molecule has 0 unspecified atom stereocenters. The van der Waals surface area contributed by atoms with Crippen molar-refractivity contribution < 1.29 is 18.7 Å². The maximum Gasteiger partial charge on any atom is 0.314 e. The third-order valence-electron chi connectivity index (χ3n) is 3.68. The van der Waals surface area contributed by atoms with Crippen LogP contribution in [0.1, 0.15) is 12.0 Å². The van der Waals surface area contributed by atoms with Crippen molar-refractivity contribution in [2.24, 2.45) is 0 Å². The van der Waals surface area contributed by atoms with Gasteiger partial charge in [0.2, 0.25) is 5.91 Å². The molecule has 1 aromatic carbocycles. The summed E-state index contributed by atoms with van der Waals surface area (Å²) in [6.07, 6.45) is 2.65. The number of urea groups is 1. The number of halogens is 1. The quantitative estimate of drug-likeness (QED) is 0.514. The van der Waals surface area contributed by atoms with E-state index in [9.17, 15) is 14.0 Å². The monoisotopic (exact) mass is 350 g/mol. The van der Waals surface area contributed by atoms with E-state index in [2.05, 4.69) is 20.9 Å². The van der Waals surface area contributed by atoms with E-state index in [0.29, 0.717) is 26.1 Å². The molecule has 0 saturated carbocycles. The van der Waals surface area contributed by atoms with Crippen molar-refractivity contribution in [1.82, 2.24) is 20.9 Å². The third kappa shape index (κ3) is 6.07. The van der Waals surface area contributed by atoms with Gasteiger partial charge in [-0.3, -0.25) is 4.79 Å². The number of aromatic amines is 1. The first-order chi connectivity index (χ1) is 12.1. The van der Waals surface area contributed by atoms with Crippen molar-refractivity contribution in [1.29, 1.82) is 0 Å². The number of rotatable bonds is 9. The molecule has 4 N–H and O–H groups in total. The van der Waals surface area contributed by atoms with Crippen LogP contribution in [0.4, 0.5) is 9.18 Å². The average molecular weight is 350 g/mol. The van der Waals surface area contributed by atoms with Gasteiger partial charge in [0.05, 0.1) is 6.61 Å². The number of H-pyrrole nitrogens is 1. The Balaban J connectivity index is 1.64. The number of fused-ring (bicyclic) bond motifs is 1. The molecule has 0 bridgehead atoms. The molecule has 0 atom stereocenters. The summed E-state index contributed by atoms with van der Waals surface area (Å²) in [5, 5.41) is 8.98. The first-order valence-electron chi connectivity index (χ1n) is 8.13. The number of methoxy groups -OCH3 is 1. The van der Waals surface area contributed by atoms with Gasteiger partial charge >= 0.3 is 6.03 Å². The number of benzene rings is 1. The summed E-state index contributed by atoms with van der Waals surface area (Å²) in [4.78, 5) is 26.2. The second kappa shape index (κ2) is 9.63. The van der Waals surface area contributed by atoms with Crippen LogP contribution in [0, 0.1) is 5.82 Å². The van der Waals surface area contributed by atoms with Crippen LogP contribution >= 0.6 is 0 Å². The number of nitrogens with one attached hydrogen (secondary N) is 4. The summed E-state index contributed by atoms with van der Waals surface area (Å²) >= 11 is 0. The first-order valence-corrected chi connectivity index (χ1v) is 8.13. The van der Waals surface area contributed by atoms with Crippen LogP contribution in [0.15, 0.2) is 24.4 Å². The minimum Gasteiger partial charge on any atom is -0.383 e. The molecule has 3 amide bonds. The Morgan fingerprint density at radius 3 is 2.76 bits per heavy atom. The molecule has 7 nitrogen and oxygen atoms in total. The maximum absolute atomic E-state index is 13.1. The van der Waals surface area contributed by atoms with Crippen LogP contribution in [-0.2, 0) is 16.0 Å². The largest absolute Gasteiger partial charge is 0.383 e. The predicted octanol–water partition coefficient (Wildman–Crippen LogP) is 1.30. The standard InChI is InChI=1S/C17H23FN4O3/c1-25-9-8-19-16(23)5-7-21-17(24)20-6-4-12-11-22-15-10-13(18)2-3-14(12)15/h2-3,10-11,22H,4-9H2,1H3,(H,19,23)(H2,20,21,24). The fourth-order valence-electron chi connectivity index (χ4n) is 2.41. The zero-order valence-corrected chi connectivity index (χ0v) is 14.2. The van der Waals surface area contributed by atoms with Crippen LogP contribution in [-0.4, -0.2) is 50.3 Å². The molecule has 0 fully saturated rings. The van der Waals surface area contributed by atoms with Gasteiger partial charge in [0.15, 0.2) is 0 Å². The van der Waals surface area contributed by atoms with Gasteiger partial charge in [0.25, 0.3) is 0 Å². The summed E-state index contributed by atoms with van der Waals surface area (Å²) in [5.74, 6) is -0.423. The van der Waals surface area contributed by atoms with E-state index in [0.717, 1.165) is 16.5 Å². The number of ether oxygens (including phenoxy) is 1. The van der Waals surface area contributed by atoms with Crippen molar-refractivity contribution in [3.63, 3.8) is 0 Å². The van der Waals surface area contributed by atoms with Gasteiger partial charge in [0, 0.05) is 50.3 Å². The fourth-order valence-corrected chi connectivity index (χ4v) is 2.41. The lowest BCUT2D eigenvalue weighted by Crippen LogP contribution is -2.39. The summed E-state index contributed by atoms with van der Waals surface area (Å²) in [6.45, 7) is 1.61. The zero-order chi connectivity index (χ0) is 18.1. The number of hydrogen-bond donors (Lipinski definition) is 4. The average Bonchev–Trinajstić information content (AvgIpc) is 2.97. The Morgan fingerprint density at radius 2 is 1.96 bits per heavy atom. The van der Waals surface area contributed by atoms with Crippen LogP contribution in [0.2, 0.25) is 0 Å². The molecule has 8 heteroatoms. The van der Waals surface area contributed by atoms with Crippen molar-refractivity contribution in [2.75, 3.05) is 33.4 Å². The molecule has 136 valence electrons. The molecule has 2 rings (SSSR count). The Bertz CT molecular complexity index is 717. The van der Waals surface area contributed by atoms with Gasteiger partial charge in [-0.05, 0) is 30.2 Å². The molecule has 0 aliphatic rings. The van der Waals surface area contributed by atoms with E-state index in [1.54, 1.807) is 13.2 Å². The minimum atomic E-state index is -0.324. The molecule has 0 aliphatic carbocycles. The Kier molecular flexibility index (Phi) is 7.21. The molecule has 2 aromatic rings. The van der Waals surface area contributed by atoms with Gasteiger partial charge in [-0.25, -0.2) is 9.18 Å². The highest BCUT2D eigenvalue weighted by atomic mass is 19.1. The number of aromatic nitrogens is 1. The molecule has 1 aromatic heterocycles. The van der Waals surface area contributed by atoms with Crippen LogP contribution in [0.25, 0.3) is 10.9 Å². The lowest BCUT2D eigenvalue weighted by Gasteiger charge is -2.08. The molecule has 25 heavy (non-hydrogen) atoms. The number of carbonyl (C=O) groups excluding carboxylic acids is 2. The Morgan fingerprint density at radius 1 is 1.16 bits per heavy atom. The van der Waals surface area contributed by atoms with Gasteiger partial charge in [-0.1, -0.05) is 0 Å². The van der Waals surface area contributed by atoms with E-state index >= 15 is 0 Å². The van der Waals surface area contributed by atoms with E-state index in [1.807, 2.05) is 6.20 Å². The van der Waals surface area contributed by atoms with Gasteiger partial charge < -0.3 is 25.7 Å². The van der Waals surface area contributed by atoms with Crippen LogP contribution < -0.4 is 16.0 Å². The van der Waals surface area contributed by atoms with E-state index in [4.69, 9.17) is 4.74 Å². The van der Waals surface area contributed by atoms with E-state index in [-0.39, 0.29) is 30.7 Å². The highest BCUT2D eigenvalue weighted by molar-refractivity contribution is 5.83. The molecule has 0 spiro atoms. The van der Waals surface area contributed by atoms with Crippen molar-refractivity contribution >= 4 is 22.8 Å². The van der Waals surface area contributed by atoms with Gasteiger partial charge in [0.1, 0.15) is 5.82 Å². The minimum absolute atomic E-state index is 0.136. The molecule has 1 heterocycles. The third-order valence-corrected chi connectivity index (χ3v) is 3.68. The maximum atomic E-state index is 13.1. The second-order valence-electron chi connectivity index (χ2n) is 5.53. The van der Waals surface area contributed by atoms with Crippen LogP contribution in [0.3, 0.4) is 0 Å². The molecule has 0 saturated heterocycles. The van der Waals surface area contributed by atoms with Crippen molar-refractivity contribution in [2.45, 2.75) is 12.8 Å². The Labute approximate surface area is 145 Å². The second-order valence-corrected chi connectivity index (χ2v) is 5.53. The number of carbonyl (C=O) groups is 2. The summed E-state index contributed by atoms with van der Waals surface area (Å²) in [7, 11) is 1.56. The normalized spacial score (nSPS) is 10.6. The SMILES string of the molecule is COCCNC(=O)CCNC(=O)NCCc1c[nH]c2cc(F)ccc12. The molecule has 0 radical (unpaired) electrons. The Hall–Kier alpha value is -2.61. The topological polar surface area (TPSA) is 95.2 Å². The highest BCUT2D eigenvalue weighted by Crippen LogP contribution is 2.19. The molecular weight excluding hydrogens is 327 g/mol. The van der Waals surface area contributed by atoms with Crippen LogP contribution in [0.5, 0.6) is 0 Å². The van der Waals surface area contributed by atoms with Crippen molar-refractivity contribution in [3.05, 3.63) is 35.8 Å². The highest BCUT2D eigenvalue weighted by Gasteiger charge is 2.06. The van der Waals surface area contributed by atoms with E-state index < -0.39 is 0 Å². The zero-order valence-electron chi connectivity index (χ0n) is 14.2. The lowest BCUT2D eigenvalue weighted by molar-refractivity contribution is -0.121. The van der Waals surface area contributed by atoms with E-state index in [1.165, 1.54) is 12.1 Å². The lowest BCUT2D eigenvalue weighted by atomic mass is 10.1. The summed E-state index contributed by atoms with van der Waals surface area (Å²) in [5.41, 5.74) is 1.74. The fraction of sp³-hybridized carbons (Fsp3) is 0.412. The summed E-state index contributed by atoms with van der Waals surface area (Å²) in [6, 6.07) is 4.25. The molecule has 0 aliphatic heterocycles. The first kappa shape index (κ1) is 18.7. The van der Waals surface area contributed by atoms with Crippen molar-refractivity contribution in [3.8, 4) is 0 Å². The molecular formula is C17H23FN4O3. The number of amides is 3. The van der Waals surface area contributed by atoms with Gasteiger partial charge in [-0.2, -0.15) is 0 Å². The predicted molar refractivity (Wildman–Crippen MR) is 92.9 cm³/mol.